The lowest BCUT2D eigenvalue weighted by Gasteiger charge is -2.60. The maximum Gasteiger partial charge on any atom is 0.401 e. The number of anilines is 2. The molecule has 1 aromatic carbocycles. The van der Waals surface area contributed by atoms with Gasteiger partial charge in [-0.05, 0) is 35.9 Å². The molecule has 13 heteroatoms. The first-order valence-electron chi connectivity index (χ1n) is 12.8. The molecule has 39 heavy (non-hydrogen) atoms. The molecule has 0 bridgehead atoms. The van der Waals surface area contributed by atoms with E-state index in [0.717, 1.165) is 55.0 Å². The summed E-state index contributed by atoms with van der Waals surface area (Å²) < 4.78 is 40.6. The number of halogens is 4. The Labute approximate surface area is 228 Å². The Bertz CT molecular complexity index is 1460. The highest BCUT2D eigenvalue weighted by molar-refractivity contribution is 6.30. The molecule has 9 nitrogen and oxygen atoms in total. The second-order valence-corrected chi connectivity index (χ2v) is 11.5. The molecule has 202 valence electrons. The number of alkyl halides is 3. The van der Waals surface area contributed by atoms with Gasteiger partial charge in [0.2, 0.25) is 5.95 Å². The summed E-state index contributed by atoms with van der Waals surface area (Å²) in [7, 11) is 0. The van der Waals surface area contributed by atoms with E-state index in [1.165, 1.54) is 4.90 Å². The largest absolute Gasteiger partial charge is 0.401 e. The quantitative estimate of drug-likeness (QED) is 0.486. The van der Waals surface area contributed by atoms with Crippen LogP contribution in [-0.2, 0) is 13.1 Å². The fourth-order valence-corrected chi connectivity index (χ4v) is 6.52. The number of pyridine rings is 1. The minimum atomic E-state index is -4.19. The van der Waals surface area contributed by atoms with E-state index in [1.807, 2.05) is 30.3 Å². The predicted molar refractivity (Wildman–Crippen MR) is 138 cm³/mol. The van der Waals surface area contributed by atoms with Crippen molar-refractivity contribution in [1.82, 2.24) is 29.5 Å². The highest BCUT2D eigenvalue weighted by Gasteiger charge is 2.53. The third-order valence-corrected chi connectivity index (χ3v) is 8.37. The maximum atomic E-state index is 12.8. The monoisotopic (exact) mass is 555 g/mol. The van der Waals surface area contributed by atoms with Crippen molar-refractivity contribution in [2.24, 2.45) is 5.41 Å². The summed E-state index contributed by atoms with van der Waals surface area (Å²) in [6.45, 7) is 4.33. The first-order valence-corrected chi connectivity index (χ1v) is 13.2. The normalized spacial score (nSPS) is 20.9. The molecule has 0 amide bonds. The summed E-state index contributed by atoms with van der Waals surface area (Å²) >= 11 is 6.36. The highest BCUT2D eigenvalue weighted by atomic mass is 35.5. The smallest absolute Gasteiger partial charge is 0.355 e. The van der Waals surface area contributed by atoms with Gasteiger partial charge in [0, 0.05) is 62.3 Å². The second-order valence-electron chi connectivity index (χ2n) is 11.1. The Hall–Kier alpha value is -3.40. The Balaban J connectivity index is 1.08. The Morgan fingerprint density at radius 3 is 2.54 bits per heavy atom. The van der Waals surface area contributed by atoms with Crippen molar-refractivity contribution in [3.8, 4) is 11.8 Å². The van der Waals surface area contributed by atoms with Gasteiger partial charge >= 0.3 is 6.18 Å². The molecule has 1 spiro atoms. The van der Waals surface area contributed by atoms with Gasteiger partial charge in [-0.1, -0.05) is 17.7 Å². The van der Waals surface area contributed by atoms with E-state index >= 15 is 0 Å². The molecule has 4 aliphatic rings. The predicted octanol–water partition coefficient (Wildman–Crippen LogP) is 3.08. The molecule has 0 unspecified atom stereocenters. The van der Waals surface area contributed by atoms with Crippen LogP contribution in [0.2, 0.25) is 5.02 Å². The molecule has 0 saturated carbocycles. The molecule has 7 rings (SSSR count). The third-order valence-electron chi connectivity index (χ3n) is 8.13. The van der Waals surface area contributed by atoms with E-state index in [0.29, 0.717) is 36.9 Å². The minimum Gasteiger partial charge on any atom is -0.355 e. The number of nitrogens with zero attached hydrogens (tertiary/aromatic N) is 9. The molecule has 2 aromatic heterocycles. The molecular formula is C26H25ClF3N9. The van der Waals surface area contributed by atoms with Gasteiger partial charge in [-0.2, -0.15) is 18.4 Å². The van der Waals surface area contributed by atoms with E-state index in [-0.39, 0.29) is 11.5 Å². The van der Waals surface area contributed by atoms with Crippen LogP contribution >= 0.6 is 11.6 Å². The number of hydrogen-bond donors (Lipinski definition) is 0. The summed E-state index contributed by atoms with van der Waals surface area (Å²) in [5, 5.41) is 18.9. The standard InChI is InChI=1S/C26H25ClF3N9/c27-18-4-5-21-17(6-18)8-36(20-9-35(10-20)16-26(28,29)30)11-23-33-34-24(39(21)23)38-14-25(15-38)12-37(13-25)22-3-1-2-19(7-31)32-22/h1-6,20H,8-16H2. The van der Waals surface area contributed by atoms with E-state index in [9.17, 15) is 13.2 Å². The number of likely N-dealkylation sites (tertiary alicyclic amines) is 1. The van der Waals surface area contributed by atoms with Crippen molar-refractivity contribution in [1.29, 1.82) is 5.26 Å². The van der Waals surface area contributed by atoms with Gasteiger partial charge in [-0.25, -0.2) is 4.98 Å². The van der Waals surface area contributed by atoms with Crippen LogP contribution in [0.25, 0.3) is 5.69 Å². The number of benzene rings is 1. The van der Waals surface area contributed by atoms with Crippen LogP contribution in [0.4, 0.5) is 24.9 Å². The van der Waals surface area contributed by atoms with Gasteiger partial charge in [0.1, 0.15) is 17.6 Å². The highest BCUT2D eigenvalue weighted by Crippen LogP contribution is 2.44. The number of rotatable bonds is 4. The van der Waals surface area contributed by atoms with Gasteiger partial charge in [-0.15, -0.1) is 10.2 Å². The van der Waals surface area contributed by atoms with Gasteiger partial charge in [0.15, 0.2) is 5.82 Å². The number of aromatic nitrogens is 4. The first-order chi connectivity index (χ1) is 18.7. The van der Waals surface area contributed by atoms with Crippen LogP contribution in [0.15, 0.2) is 36.4 Å². The molecule has 3 saturated heterocycles. The number of nitriles is 1. The van der Waals surface area contributed by atoms with Gasteiger partial charge in [-0.3, -0.25) is 14.4 Å². The van der Waals surface area contributed by atoms with Crippen LogP contribution < -0.4 is 9.80 Å². The summed E-state index contributed by atoms with van der Waals surface area (Å²) in [6.07, 6.45) is -4.19. The fourth-order valence-electron chi connectivity index (χ4n) is 6.32. The average molecular weight is 556 g/mol. The van der Waals surface area contributed by atoms with Crippen molar-refractivity contribution in [3.63, 3.8) is 0 Å². The lowest BCUT2D eigenvalue weighted by atomic mass is 9.73. The second kappa shape index (κ2) is 8.81. The number of fused-ring (bicyclic) bond motifs is 3. The zero-order chi connectivity index (χ0) is 26.9. The maximum absolute atomic E-state index is 12.8. The molecule has 0 radical (unpaired) electrons. The van der Waals surface area contributed by atoms with Crippen LogP contribution in [0.1, 0.15) is 17.1 Å². The van der Waals surface area contributed by atoms with E-state index in [1.54, 1.807) is 6.07 Å². The zero-order valence-electron chi connectivity index (χ0n) is 20.9. The molecule has 4 aliphatic heterocycles. The van der Waals surface area contributed by atoms with Crippen molar-refractivity contribution >= 4 is 23.4 Å². The fraction of sp³-hybridized carbons (Fsp3) is 0.462. The molecule has 0 N–H and O–H groups in total. The molecule has 6 heterocycles. The third kappa shape index (κ3) is 4.38. The summed E-state index contributed by atoms with van der Waals surface area (Å²) in [5.74, 6) is 2.37. The van der Waals surface area contributed by atoms with Crippen molar-refractivity contribution in [2.45, 2.75) is 25.3 Å². The summed E-state index contributed by atoms with van der Waals surface area (Å²) in [6, 6.07) is 13.3. The molecule has 0 aliphatic carbocycles. The molecular weight excluding hydrogens is 531 g/mol. The Morgan fingerprint density at radius 1 is 1.03 bits per heavy atom. The Morgan fingerprint density at radius 2 is 1.79 bits per heavy atom. The SMILES string of the molecule is N#Cc1cccc(N2CC3(C2)CN(c2nnc4n2-c2ccc(Cl)cc2CN(C2CN(CC(F)(F)F)C2)C4)C3)n1. The number of hydrogen-bond acceptors (Lipinski definition) is 8. The Kier molecular flexibility index (Phi) is 5.56. The van der Waals surface area contributed by atoms with Gasteiger partial charge in [0.05, 0.1) is 18.8 Å². The van der Waals surface area contributed by atoms with Crippen molar-refractivity contribution in [3.05, 3.63) is 58.5 Å². The van der Waals surface area contributed by atoms with E-state index < -0.39 is 12.7 Å². The minimum absolute atomic E-state index is 0.00673. The van der Waals surface area contributed by atoms with Crippen molar-refractivity contribution in [2.75, 3.05) is 55.6 Å². The summed E-state index contributed by atoms with van der Waals surface area (Å²) in [4.78, 5) is 12.4. The van der Waals surface area contributed by atoms with E-state index in [4.69, 9.17) is 16.9 Å². The van der Waals surface area contributed by atoms with Gasteiger partial charge < -0.3 is 9.80 Å². The van der Waals surface area contributed by atoms with Crippen molar-refractivity contribution < 1.29 is 13.2 Å². The molecule has 0 atom stereocenters. The van der Waals surface area contributed by atoms with Crippen LogP contribution in [0.5, 0.6) is 0 Å². The average Bonchev–Trinajstić information content (AvgIpc) is 3.14. The molecule has 3 fully saturated rings. The lowest BCUT2D eigenvalue weighted by molar-refractivity contribution is -0.161. The summed E-state index contributed by atoms with van der Waals surface area (Å²) in [5.41, 5.74) is 2.52. The molecule has 3 aromatic rings. The van der Waals surface area contributed by atoms with Crippen LogP contribution in [-0.4, -0.2) is 87.6 Å². The van der Waals surface area contributed by atoms with Gasteiger partial charge in [0.25, 0.3) is 0 Å². The zero-order valence-corrected chi connectivity index (χ0v) is 21.7. The first kappa shape index (κ1) is 24.6. The topological polar surface area (TPSA) is 80.3 Å². The lowest BCUT2D eigenvalue weighted by Crippen LogP contribution is -2.73. The van der Waals surface area contributed by atoms with E-state index in [2.05, 4.69) is 40.5 Å². The van der Waals surface area contributed by atoms with Crippen LogP contribution in [0.3, 0.4) is 0 Å². The van der Waals surface area contributed by atoms with Crippen LogP contribution in [0, 0.1) is 16.7 Å².